The molecule has 1 fully saturated rings. The molecule has 30 heavy (non-hydrogen) atoms. The second kappa shape index (κ2) is 7.56. The number of carbonyl (C=O) groups is 2. The van der Waals surface area contributed by atoms with Gasteiger partial charge < -0.3 is 19.7 Å². The summed E-state index contributed by atoms with van der Waals surface area (Å²) in [6.45, 7) is 0.132. The molecule has 2 heterocycles. The fraction of sp³-hybridized carbons (Fsp3) is 0.263. The zero-order valence-corrected chi connectivity index (χ0v) is 16.2. The monoisotopic (exact) mass is 438 g/mol. The van der Waals surface area contributed by atoms with Crippen molar-refractivity contribution in [1.82, 2.24) is 0 Å². The molecule has 0 aliphatic carbocycles. The van der Waals surface area contributed by atoms with E-state index < -0.39 is 32.3 Å². The maximum Gasteiger partial charge on any atom is 0.341 e. The Hall–Kier alpha value is -3.21. The number of anilines is 2. The summed E-state index contributed by atoms with van der Waals surface area (Å²) in [5.74, 6) is -4.31. The van der Waals surface area contributed by atoms with Crippen molar-refractivity contribution in [2.24, 2.45) is 5.92 Å². The summed E-state index contributed by atoms with van der Waals surface area (Å²) in [6.07, 6.45) is -0.107. The predicted molar refractivity (Wildman–Crippen MR) is 101 cm³/mol. The maximum absolute atomic E-state index is 12.9. The number of fused-ring (bicyclic) bond motifs is 1. The highest BCUT2D eigenvalue weighted by Crippen LogP contribution is 2.37. The fourth-order valence-electron chi connectivity index (χ4n) is 3.33. The van der Waals surface area contributed by atoms with E-state index in [2.05, 4.69) is 5.32 Å². The van der Waals surface area contributed by atoms with Crippen molar-refractivity contribution in [2.45, 2.75) is 17.1 Å². The van der Waals surface area contributed by atoms with E-state index in [1.165, 1.54) is 23.1 Å². The van der Waals surface area contributed by atoms with Crippen LogP contribution in [0.25, 0.3) is 0 Å². The third-order valence-corrected chi connectivity index (χ3v) is 6.29. The van der Waals surface area contributed by atoms with Crippen molar-refractivity contribution in [1.29, 1.82) is 0 Å². The highest BCUT2D eigenvalue weighted by molar-refractivity contribution is 7.91. The number of hydrogen-bond donors (Lipinski definition) is 1. The third-order valence-electron chi connectivity index (χ3n) is 4.85. The number of para-hydroxylation sites is 1. The van der Waals surface area contributed by atoms with E-state index in [-0.39, 0.29) is 31.4 Å². The molecule has 2 amide bonds. The van der Waals surface area contributed by atoms with E-state index in [0.29, 0.717) is 17.2 Å². The number of ether oxygens (including phenoxy) is 2. The van der Waals surface area contributed by atoms with E-state index in [0.717, 1.165) is 6.07 Å². The van der Waals surface area contributed by atoms with Gasteiger partial charge in [0.25, 0.3) is 0 Å². The van der Waals surface area contributed by atoms with Gasteiger partial charge in [-0.15, -0.1) is 0 Å². The minimum absolute atomic E-state index is 0.0497. The number of sulfone groups is 1. The van der Waals surface area contributed by atoms with Crippen LogP contribution < -0.4 is 19.7 Å². The van der Waals surface area contributed by atoms with Crippen molar-refractivity contribution < 1.29 is 36.3 Å². The average molecular weight is 438 g/mol. The zero-order valence-electron chi connectivity index (χ0n) is 15.4. The van der Waals surface area contributed by atoms with Crippen LogP contribution in [-0.2, 0) is 19.4 Å². The van der Waals surface area contributed by atoms with E-state index >= 15 is 0 Å². The molecule has 0 radical (unpaired) electrons. The van der Waals surface area contributed by atoms with Crippen molar-refractivity contribution in [3.05, 3.63) is 42.5 Å². The van der Waals surface area contributed by atoms with E-state index in [1.54, 1.807) is 18.2 Å². The molecule has 2 aliphatic rings. The first-order valence-corrected chi connectivity index (χ1v) is 10.4. The predicted octanol–water partition coefficient (Wildman–Crippen LogP) is 2.40. The van der Waals surface area contributed by atoms with Crippen LogP contribution in [-0.4, -0.2) is 39.3 Å². The molecule has 2 aromatic rings. The largest absolute Gasteiger partial charge is 0.454 e. The van der Waals surface area contributed by atoms with Crippen LogP contribution in [0.1, 0.15) is 6.42 Å². The Bertz CT molecular complexity index is 1120. The molecule has 4 rings (SSSR count). The first-order valence-electron chi connectivity index (χ1n) is 8.89. The Kier molecular flexibility index (Phi) is 5.06. The molecule has 1 saturated heterocycles. The number of rotatable bonds is 5. The van der Waals surface area contributed by atoms with Crippen LogP contribution in [0.5, 0.6) is 11.5 Å². The number of nitrogens with zero attached hydrogens (tertiary/aromatic N) is 1. The van der Waals surface area contributed by atoms with Crippen LogP contribution in [0.4, 0.5) is 20.2 Å². The first-order chi connectivity index (χ1) is 14.3. The standard InChI is InChI=1S/C19H16F2N2O6S/c20-19(21)30(26,27)16-4-2-1-3-13(16)22-18(25)11-7-17(24)23(9-11)12-5-6-14-15(8-12)29-10-28-14/h1-6,8,11,19H,7,9-10H2,(H,22,25). The topological polar surface area (TPSA) is 102 Å². The van der Waals surface area contributed by atoms with Gasteiger partial charge in [-0.25, -0.2) is 8.42 Å². The molecule has 0 saturated carbocycles. The Labute approximate surface area is 170 Å². The second-order valence-electron chi connectivity index (χ2n) is 6.73. The molecule has 2 aromatic carbocycles. The minimum atomic E-state index is -4.90. The molecule has 2 aliphatic heterocycles. The Morgan fingerprint density at radius 3 is 2.63 bits per heavy atom. The second-order valence-corrected chi connectivity index (χ2v) is 8.62. The summed E-state index contributed by atoms with van der Waals surface area (Å²) < 4.78 is 60.1. The molecule has 1 unspecified atom stereocenters. The number of benzene rings is 2. The van der Waals surface area contributed by atoms with Crippen LogP contribution >= 0.6 is 0 Å². The molecule has 1 atom stereocenters. The number of hydrogen-bond acceptors (Lipinski definition) is 6. The summed E-state index contributed by atoms with van der Waals surface area (Å²) in [7, 11) is -4.90. The van der Waals surface area contributed by atoms with Gasteiger partial charge in [0.1, 0.15) is 0 Å². The quantitative estimate of drug-likeness (QED) is 0.769. The summed E-state index contributed by atoms with van der Waals surface area (Å²) in [4.78, 5) is 25.8. The van der Waals surface area contributed by atoms with Crippen LogP contribution in [0.3, 0.4) is 0 Å². The fourth-order valence-corrected chi connectivity index (χ4v) is 4.22. The number of nitrogens with one attached hydrogen (secondary N) is 1. The summed E-state index contributed by atoms with van der Waals surface area (Å²) in [5, 5.41) is 2.37. The first kappa shape index (κ1) is 20.1. The van der Waals surface area contributed by atoms with Crippen molar-refractivity contribution in [3.8, 4) is 11.5 Å². The Balaban J connectivity index is 1.52. The molecular weight excluding hydrogens is 422 g/mol. The van der Waals surface area contributed by atoms with Gasteiger partial charge in [0.15, 0.2) is 11.5 Å². The minimum Gasteiger partial charge on any atom is -0.454 e. The third kappa shape index (κ3) is 3.56. The van der Waals surface area contributed by atoms with Crippen LogP contribution in [0.2, 0.25) is 0 Å². The normalized spacial score (nSPS) is 18.2. The Morgan fingerprint density at radius 1 is 1.13 bits per heavy atom. The lowest BCUT2D eigenvalue weighted by molar-refractivity contribution is -0.122. The average Bonchev–Trinajstić information content (AvgIpc) is 3.34. The van der Waals surface area contributed by atoms with Crippen molar-refractivity contribution >= 4 is 33.0 Å². The summed E-state index contributed by atoms with van der Waals surface area (Å²) in [6, 6.07) is 9.87. The van der Waals surface area contributed by atoms with Crippen molar-refractivity contribution in [2.75, 3.05) is 23.6 Å². The van der Waals surface area contributed by atoms with Gasteiger partial charge in [0.05, 0.1) is 16.5 Å². The molecular formula is C19H16F2N2O6S. The van der Waals surface area contributed by atoms with E-state index in [1.807, 2.05) is 0 Å². The number of carbonyl (C=O) groups excluding carboxylic acids is 2. The van der Waals surface area contributed by atoms with Gasteiger partial charge in [-0.3, -0.25) is 9.59 Å². The lowest BCUT2D eigenvalue weighted by Crippen LogP contribution is -2.28. The summed E-state index contributed by atoms with van der Waals surface area (Å²) >= 11 is 0. The van der Waals surface area contributed by atoms with E-state index in [9.17, 15) is 26.8 Å². The molecule has 0 bridgehead atoms. The molecule has 158 valence electrons. The SMILES string of the molecule is O=C(Nc1ccccc1S(=O)(=O)C(F)F)C1CC(=O)N(c2ccc3c(c2)OCO3)C1. The molecule has 8 nitrogen and oxygen atoms in total. The van der Waals surface area contributed by atoms with Gasteiger partial charge >= 0.3 is 5.76 Å². The smallest absolute Gasteiger partial charge is 0.341 e. The molecule has 1 N–H and O–H groups in total. The Morgan fingerprint density at radius 2 is 1.87 bits per heavy atom. The van der Waals surface area contributed by atoms with Crippen LogP contribution in [0.15, 0.2) is 47.4 Å². The zero-order chi connectivity index (χ0) is 21.5. The number of alkyl halides is 2. The molecule has 0 aromatic heterocycles. The van der Waals surface area contributed by atoms with Gasteiger partial charge in [-0.05, 0) is 24.3 Å². The van der Waals surface area contributed by atoms with Gasteiger partial charge in [0, 0.05) is 24.7 Å². The highest BCUT2D eigenvalue weighted by Gasteiger charge is 2.37. The number of halogens is 2. The van der Waals surface area contributed by atoms with Gasteiger partial charge in [-0.2, -0.15) is 8.78 Å². The number of amides is 2. The van der Waals surface area contributed by atoms with Crippen LogP contribution in [0, 0.1) is 5.92 Å². The summed E-state index contributed by atoms with van der Waals surface area (Å²) in [5.41, 5.74) is 0.275. The van der Waals surface area contributed by atoms with Crippen molar-refractivity contribution in [3.63, 3.8) is 0 Å². The lowest BCUT2D eigenvalue weighted by Gasteiger charge is -2.17. The van der Waals surface area contributed by atoms with Gasteiger partial charge in [-0.1, -0.05) is 12.1 Å². The lowest BCUT2D eigenvalue weighted by atomic mass is 10.1. The molecule has 11 heteroatoms. The van der Waals surface area contributed by atoms with E-state index in [4.69, 9.17) is 9.47 Å². The maximum atomic E-state index is 12.9. The van der Waals surface area contributed by atoms with Gasteiger partial charge in [0.2, 0.25) is 28.4 Å². The molecule has 0 spiro atoms. The highest BCUT2D eigenvalue weighted by atomic mass is 32.2.